The summed E-state index contributed by atoms with van der Waals surface area (Å²) in [7, 11) is 0. The predicted octanol–water partition coefficient (Wildman–Crippen LogP) is 0.831. The molecular formula is C15H19N5O. The number of nitrogens with one attached hydrogen (secondary N) is 1. The number of hydrogen-bond donors (Lipinski definition) is 2. The molecule has 0 aliphatic carbocycles. The Bertz CT molecular complexity index is 602. The second-order valence-electron chi connectivity index (χ2n) is 5.21. The quantitative estimate of drug-likeness (QED) is 0.872. The molecule has 3 rings (SSSR count). The predicted molar refractivity (Wildman–Crippen MR) is 81.0 cm³/mol. The number of para-hydroxylation sites is 1. The largest absolute Gasteiger partial charge is 0.368 e. The summed E-state index contributed by atoms with van der Waals surface area (Å²) in [6, 6.07) is 9.53. The van der Waals surface area contributed by atoms with Crippen LogP contribution in [-0.4, -0.2) is 47.2 Å². The number of rotatable bonds is 4. The normalized spacial score (nSPS) is 16.1. The molecule has 0 radical (unpaired) electrons. The number of aromatic nitrogens is 2. The van der Waals surface area contributed by atoms with Crippen molar-refractivity contribution >= 4 is 11.6 Å². The molecule has 1 aliphatic rings. The molecule has 2 aromatic rings. The van der Waals surface area contributed by atoms with Crippen LogP contribution >= 0.6 is 0 Å². The highest BCUT2D eigenvalue weighted by atomic mass is 16.1. The van der Waals surface area contributed by atoms with Crippen LogP contribution in [0.3, 0.4) is 0 Å². The molecule has 0 unspecified atom stereocenters. The van der Waals surface area contributed by atoms with Gasteiger partial charge < -0.3 is 10.6 Å². The first-order valence-electron chi connectivity index (χ1n) is 7.09. The number of nitrogens with zero attached hydrogens (tertiary/aromatic N) is 3. The summed E-state index contributed by atoms with van der Waals surface area (Å²) in [6.07, 6.45) is 1.84. The van der Waals surface area contributed by atoms with Gasteiger partial charge in [-0.05, 0) is 18.2 Å². The lowest BCUT2D eigenvalue weighted by atomic mass is 10.1. The SMILES string of the molecule is NC(=O)c1ccccc1N1CCN(Cc2cc[nH]n2)CC1. The maximum Gasteiger partial charge on any atom is 0.250 e. The van der Waals surface area contributed by atoms with Crippen molar-refractivity contribution in [2.75, 3.05) is 31.1 Å². The van der Waals surface area contributed by atoms with Gasteiger partial charge in [0.05, 0.1) is 11.3 Å². The second kappa shape index (κ2) is 5.97. The van der Waals surface area contributed by atoms with E-state index in [0.717, 1.165) is 44.1 Å². The molecule has 0 atom stereocenters. The van der Waals surface area contributed by atoms with Gasteiger partial charge in [0.2, 0.25) is 0 Å². The Morgan fingerprint density at radius 3 is 2.62 bits per heavy atom. The van der Waals surface area contributed by atoms with Gasteiger partial charge in [0.15, 0.2) is 0 Å². The van der Waals surface area contributed by atoms with Crippen LogP contribution in [0, 0.1) is 0 Å². The number of anilines is 1. The van der Waals surface area contributed by atoms with E-state index >= 15 is 0 Å². The van der Waals surface area contributed by atoms with Crippen LogP contribution in [0.2, 0.25) is 0 Å². The molecular weight excluding hydrogens is 266 g/mol. The molecule has 0 saturated carbocycles. The Balaban J connectivity index is 1.64. The Morgan fingerprint density at radius 2 is 1.95 bits per heavy atom. The Labute approximate surface area is 123 Å². The zero-order valence-electron chi connectivity index (χ0n) is 11.8. The monoisotopic (exact) mass is 285 g/mol. The lowest BCUT2D eigenvalue weighted by Crippen LogP contribution is -2.46. The van der Waals surface area contributed by atoms with Gasteiger partial charge in [-0.1, -0.05) is 12.1 Å². The Morgan fingerprint density at radius 1 is 1.19 bits per heavy atom. The van der Waals surface area contributed by atoms with Crippen LogP contribution in [0.5, 0.6) is 0 Å². The number of primary amides is 1. The molecule has 1 aromatic carbocycles. The van der Waals surface area contributed by atoms with Gasteiger partial charge in [-0.2, -0.15) is 5.10 Å². The van der Waals surface area contributed by atoms with E-state index < -0.39 is 0 Å². The minimum absolute atomic E-state index is 0.371. The molecule has 6 heteroatoms. The molecule has 110 valence electrons. The highest BCUT2D eigenvalue weighted by Crippen LogP contribution is 2.21. The summed E-state index contributed by atoms with van der Waals surface area (Å²) in [4.78, 5) is 16.1. The van der Waals surface area contributed by atoms with E-state index in [9.17, 15) is 4.79 Å². The average Bonchev–Trinajstić information content (AvgIpc) is 3.01. The standard InChI is InChI=1S/C15H19N5O/c16-15(21)13-3-1-2-4-14(13)20-9-7-19(8-10-20)11-12-5-6-17-18-12/h1-6H,7-11H2,(H2,16,21)(H,17,18). The number of benzene rings is 1. The molecule has 1 saturated heterocycles. The van der Waals surface area contributed by atoms with Crippen LogP contribution < -0.4 is 10.6 Å². The van der Waals surface area contributed by atoms with E-state index in [4.69, 9.17) is 5.73 Å². The van der Waals surface area contributed by atoms with Gasteiger partial charge in [0.25, 0.3) is 5.91 Å². The maximum absolute atomic E-state index is 11.5. The Hall–Kier alpha value is -2.34. The van der Waals surface area contributed by atoms with Crippen molar-refractivity contribution in [1.82, 2.24) is 15.1 Å². The highest BCUT2D eigenvalue weighted by molar-refractivity contribution is 5.98. The van der Waals surface area contributed by atoms with E-state index in [-0.39, 0.29) is 5.91 Å². The first kappa shape index (κ1) is 13.6. The summed E-state index contributed by atoms with van der Waals surface area (Å²) in [6.45, 7) is 4.51. The van der Waals surface area contributed by atoms with E-state index in [1.54, 1.807) is 6.07 Å². The summed E-state index contributed by atoms with van der Waals surface area (Å²) >= 11 is 0. The van der Waals surface area contributed by atoms with Crippen molar-refractivity contribution in [3.63, 3.8) is 0 Å². The number of carbonyl (C=O) groups excluding carboxylic acids is 1. The first-order chi connectivity index (χ1) is 10.2. The number of nitrogens with two attached hydrogens (primary N) is 1. The number of carbonyl (C=O) groups is 1. The second-order valence-corrected chi connectivity index (χ2v) is 5.21. The van der Waals surface area contributed by atoms with E-state index in [2.05, 4.69) is 20.0 Å². The fraction of sp³-hybridized carbons (Fsp3) is 0.333. The van der Waals surface area contributed by atoms with Crippen molar-refractivity contribution in [2.45, 2.75) is 6.54 Å². The van der Waals surface area contributed by atoms with Crippen LogP contribution in [0.1, 0.15) is 16.1 Å². The molecule has 0 spiro atoms. The van der Waals surface area contributed by atoms with Gasteiger partial charge in [-0.25, -0.2) is 0 Å². The Kier molecular flexibility index (Phi) is 3.87. The lowest BCUT2D eigenvalue weighted by molar-refractivity contribution is 0.100. The number of amides is 1. The molecule has 3 N–H and O–H groups in total. The number of H-pyrrole nitrogens is 1. The summed E-state index contributed by atoms with van der Waals surface area (Å²) < 4.78 is 0. The number of hydrogen-bond acceptors (Lipinski definition) is 4. The molecule has 1 aliphatic heterocycles. The lowest BCUT2D eigenvalue weighted by Gasteiger charge is -2.36. The van der Waals surface area contributed by atoms with Crippen LogP contribution in [0.4, 0.5) is 5.69 Å². The smallest absolute Gasteiger partial charge is 0.250 e. The van der Waals surface area contributed by atoms with Gasteiger partial charge in [-0.15, -0.1) is 0 Å². The van der Waals surface area contributed by atoms with E-state index in [1.807, 2.05) is 30.5 Å². The summed E-state index contributed by atoms with van der Waals surface area (Å²) in [5, 5.41) is 7.02. The molecule has 1 amide bonds. The third kappa shape index (κ3) is 3.05. The van der Waals surface area contributed by atoms with Crippen LogP contribution in [-0.2, 0) is 6.54 Å². The molecule has 6 nitrogen and oxygen atoms in total. The average molecular weight is 285 g/mol. The third-order valence-corrected chi connectivity index (χ3v) is 3.83. The van der Waals surface area contributed by atoms with Crippen molar-refractivity contribution < 1.29 is 4.79 Å². The highest BCUT2D eigenvalue weighted by Gasteiger charge is 2.20. The third-order valence-electron chi connectivity index (χ3n) is 3.83. The van der Waals surface area contributed by atoms with Crippen molar-refractivity contribution in [3.8, 4) is 0 Å². The minimum Gasteiger partial charge on any atom is -0.368 e. The topological polar surface area (TPSA) is 78.3 Å². The summed E-state index contributed by atoms with van der Waals surface area (Å²) in [5.41, 5.74) is 8.04. The van der Waals surface area contributed by atoms with Gasteiger partial charge >= 0.3 is 0 Å². The van der Waals surface area contributed by atoms with Crippen molar-refractivity contribution in [1.29, 1.82) is 0 Å². The number of aromatic amines is 1. The molecule has 1 aromatic heterocycles. The first-order valence-corrected chi connectivity index (χ1v) is 7.09. The fourth-order valence-corrected chi connectivity index (χ4v) is 2.71. The van der Waals surface area contributed by atoms with Gasteiger partial charge in [-0.3, -0.25) is 14.8 Å². The van der Waals surface area contributed by atoms with E-state index in [0.29, 0.717) is 5.56 Å². The van der Waals surface area contributed by atoms with Crippen LogP contribution in [0.15, 0.2) is 36.5 Å². The molecule has 2 heterocycles. The zero-order valence-corrected chi connectivity index (χ0v) is 11.8. The molecule has 1 fully saturated rings. The van der Waals surface area contributed by atoms with E-state index in [1.165, 1.54) is 0 Å². The minimum atomic E-state index is -0.371. The summed E-state index contributed by atoms with van der Waals surface area (Å²) in [5.74, 6) is -0.371. The van der Waals surface area contributed by atoms with Crippen molar-refractivity contribution in [3.05, 3.63) is 47.8 Å². The number of piperazine rings is 1. The van der Waals surface area contributed by atoms with Gasteiger partial charge in [0, 0.05) is 44.6 Å². The molecule has 0 bridgehead atoms. The van der Waals surface area contributed by atoms with Crippen molar-refractivity contribution in [2.24, 2.45) is 5.73 Å². The fourth-order valence-electron chi connectivity index (χ4n) is 2.71. The van der Waals surface area contributed by atoms with Crippen LogP contribution in [0.25, 0.3) is 0 Å². The molecule has 21 heavy (non-hydrogen) atoms. The zero-order chi connectivity index (χ0) is 14.7. The maximum atomic E-state index is 11.5. The van der Waals surface area contributed by atoms with Gasteiger partial charge in [0.1, 0.15) is 0 Å².